The molecule has 4 nitrogen and oxygen atoms in total. The molecule has 0 aliphatic rings. The van der Waals surface area contributed by atoms with E-state index in [2.05, 4.69) is 20.9 Å². The number of carboxylic acid groups (broad SMARTS) is 1. The third kappa shape index (κ3) is 2.68. The van der Waals surface area contributed by atoms with Crippen molar-refractivity contribution in [3.63, 3.8) is 0 Å². The molecule has 1 heterocycles. The van der Waals surface area contributed by atoms with Crippen LogP contribution in [0.2, 0.25) is 0 Å². The van der Waals surface area contributed by atoms with Gasteiger partial charge < -0.3 is 9.84 Å². The average Bonchev–Trinajstić information content (AvgIpc) is 2.34. The SMILES string of the molecule is Cc1cc(C(=O)O)ccc1Oc1ccncc1Br. The van der Waals surface area contributed by atoms with E-state index in [-0.39, 0.29) is 5.56 Å². The lowest BCUT2D eigenvalue weighted by molar-refractivity contribution is 0.0697. The van der Waals surface area contributed by atoms with E-state index < -0.39 is 5.97 Å². The van der Waals surface area contributed by atoms with Gasteiger partial charge in [0, 0.05) is 18.5 Å². The number of pyridine rings is 1. The maximum atomic E-state index is 10.8. The molecule has 1 N–H and O–H groups in total. The highest BCUT2D eigenvalue weighted by atomic mass is 79.9. The molecule has 0 radical (unpaired) electrons. The van der Waals surface area contributed by atoms with Gasteiger partial charge in [-0.15, -0.1) is 0 Å². The molecule has 0 unspecified atom stereocenters. The second-order valence-corrected chi connectivity index (χ2v) is 4.55. The maximum absolute atomic E-state index is 10.8. The van der Waals surface area contributed by atoms with Crippen molar-refractivity contribution < 1.29 is 14.6 Å². The number of carbonyl (C=O) groups is 1. The van der Waals surface area contributed by atoms with Crippen LogP contribution < -0.4 is 4.74 Å². The quantitative estimate of drug-likeness (QED) is 0.940. The molecule has 0 amide bonds. The first-order valence-electron chi connectivity index (χ1n) is 5.19. The van der Waals surface area contributed by atoms with E-state index in [0.717, 1.165) is 10.0 Å². The highest BCUT2D eigenvalue weighted by Gasteiger charge is 2.08. The van der Waals surface area contributed by atoms with Gasteiger partial charge in [-0.3, -0.25) is 4.98 Å². The number of ether oxygens (including phenoxy) is 1. The summed E-state index contributed by atoms with van der Waals surface area (Å²) in [6.07, 6.45) is 3.26. The fourth-order valence-corrected chi connectivity index (χ4v) is 1.79. The van der Waals surface area contributed by atoms with Crippen molar-refractivity contribution in [1.29, 1.82) is 0 Å². The normalized spacial score (nSPS) is 10.1. The minimum absolute atomic E-state index is 0.244. The number of aryl methyl sites for hydroxylation is 1. The summed E-state index contributed by atoms with van der Waals surface area (Å²) in [5.41, 5.74) is 1.01. The van der Waals surface area contributed by atoms with Crippen LogP contribution in [0.15, 0.2) is 41.1 Å². The smallest absolute Gasteiger partial charge is 0.335 e. The van der Waals surface area contributed by atoms with Crippen molar-refractivity contribution in [2.24, 2.45) is 0 Å². The first kappa shape index (κ1) is 12.6. The molecule has 0 saturated heterocycles. The van der Waals surface area contributed by atoms with E-state index in [1.165, 1.54) is 6.07 Å². The zero-order valence-electron chi connectivity index (χ0n) is 9.55. The number of benzene rings is 1. The summed E-state index contributed by atoms with van der Waals surface area (Å²) < 4.78 is 6.44. The highest BCUT2D eigenvalue weighted by molar-refractivity contribution is 9.10. The van der Waals surface area contributed by atoms with Crippen LogP contribution >= 0.6 is 15.9 Å². The van der Waals surface area contributed by atoms with Gasteiger partial charge in [0.2, 0.25) is 0 Å². The molecular weight excluding hydrogens is 298 g/mol. The van der Waals surface area contributed by atoms with Gasteiger partial charge in [-0.1, -0.05) is 0 Å². The average molecular weight is 308 g/mol. The molecule has 1 aromatic carbocycles. The summed E-state index contributed by atoms with van der Waals surface area (Å²) in [5.74, 6) is 0.304. The van der Waals surface area contributed by atoms with Crippen molar-refractivity contribution in [2.45, 2.75) is 6.92 Å². The van der Waals surface area contributed by atoms with E-state index in [1.807, 2.05) is 0 Å². The number of aromatic carboxylic acids is 1. The third-order valence-corrected chi connectivity index (χ3v) is 2.97. The number of nitrogens with zero attached hydrogens (tertiary/aromatic N) is 1. The molecule has 0 fully saturated rings. The van der Waals surface area contributed by atoms with E-state index in [1.54, 1.807) is 37.5 Å². The van der Waals surface area contributed by atoms with Gasteiger partial charge in [0.15, 0.2) is 0 Å². The minimum Gasteiger partial charge on any atom is -0.478 e. The van der Waals surface area contributed by atoms with Crippen LogP contribution in [0.4, 0.5) is 0 Å². The summed E-state index contributed by atoms with van der Waals surface area (Å²) in [6.45, 7) is 1.80. The number of hydrogen-bond donors (Lipinski definition) is 1. The van der Waals surface area contributed by atoms with Crippen LogP contribution in [0.5, 0.6) is 11.5 Å². The maximum Gasteiger partial charge on any atom is 0.335 e. The molecule has 0 bridgehead atoms. The second-order valence-electron chi connectivity index (χ2n) is 3.69. The molecule has 1 aromatic heterocycles. The first-order chi connectivity index (χ1) is 8.58. The Morgan fingerprint density at radius 3 is 2.72 bits per heavy atom. The van der Waals surface area contributed by atoms with Gasteiger partial charge in [0.25, 0.3) is 0 Å². The number of aromatic nitrogens is 1. The Kier molecular flexibility index (Phi) is 3.62. The number of rotatable bonds is 3. The summed E-state index contributed by atoms with van der Waals surface area (Å²) in [6, 6.07) is 6.47. The van der Waals surface area contributed by atoms with Crippen LogP contribution in [0.3, 0.4) is 0 Å². The largest absolute Gasteiger partial charge is 0.478 e. The predicted octanol–water partition coefficient (Wildman–Crippen LogP) is 3.64. The molecule has 0 aliphatic carbocycles. The van der Waals surface area contributed by atoms with Crippen LogP contribution in [0.1, 0.15) is 15.9 Å². The Morgan fingerprint density at radius 2 is 2.11 bits per heavy atom. The van der Waals surface area contributed by atoms with Gasteiger partial charge in [0.05, 0.1) is 10.0 Å². The Hall–Kier alpha value is -1.88. The summed E-state index contributed by atoms with van der Waals surface area (Å²) in [5, 5.41) is 8.88. The molecular formula is C13H10BrNO3. The molecule has 0 aliphatic heterocycles. The molecule has 5 heteroatoms. The molecule has 2 rings (SSSR count). The van der Waals surface area contributed by atoms with Crippen LogP contribution in [0, 0.1) is 6.92 Å². The third-order valence-electron chi connectivity index (χ3n) is 2.38. The van der Waals surface area contributed by atoms with Gasteiger partial charge >= 0.3 is 5.97 Å². The molecule has 18 heavy (non-hydrogen) atoms. The Labute approximate surface area is 112 Å². The molecule has 0 saturated carbocycles. The zero-order chi connectivity index (χ0) is 13.1. The summed E-state index contributed by atoms with van der Waals surface area (Å²) in [7, 11) is 0. The van der Waals surface area contributed by atoms with Gasteiger partial charge in [0.1, 0.15) is 11.5 Å². The van der Waals surface area contributed by atoms with Crippen molar-refractivity contribution >= 4 is 21.9 Å². The summed E-state index contributed by atoms with van der Waals surface area (Å²) >= 11 is 3.33. The lowest BCUT2D eigenvalue weighted by atomic mass is 10.1. The van der Waals surface area contributed by atoms with Crippen LogP contribution in [-0.4, -0.2) is 16.1 Å². The van der Waals surface area contributed by atoms with Crippen molar-refractivity contribution in [3.8, 4) is 11.5 Å². The number of halogens is 1. The van der Waals surface area contributed by atoms with Crippen molar-refractivity contribution in [3.05, 3.63) is 52.3 Å². The van der Waals surface area contributed by atoms with Crippen molar-refractivity contribution in [2.75, 3.05) is 0 Å². The highest BCUT2D eigenvalue weighted by Crippen LogP contribution is 2.30. The monoisotopic (exact) mass is 307 g/mol. The fraction of sp³-hybridized carbons (Fsp3) is 0.0769. The van der Waals surface area contributed by atoms with E-state index in [9.17, 15) is 4.79 Å². The molecule has 92 valence electrons. The van der Waals surface area contributed by atoms with Crippen LogP contribution in [0.25, 0.3) is 0 Å². The van der Waals surface area contributed by atoms with Crippen molar-refractivity contribution in [1.82, 2.24) is 4.98 Å². The fourth-order valence-electron chi connectivity index (χ4n) is 1.46. The number of carboxylic acids is 1. The van der Waals surface area contributed by atoms with E-state index >= 15 is 0 Å². The van der Waals surface area contributed by atoms with Gasteiger partial charge in [-0.25, -0.2) is 4.79 Å². The van der Waals surface area contributed by atoms with E-state index in [0.29, 0.717) is 11.5 Å². The Bertz CT molecular complexity index is 599. The van der Waals surface area contributed by atoms with E-state index in [4.69, 9.17) is 9.84 Å². The topological polar surface area (TPSA) is 59.4 Å². The Morgan fingerprint density at radius 1 is 1.33 bits per heavy atom. The standard InChI is InChI=1S/C13H10BrNO3/c1-8-6-9(13(16)17)2-3-11(8)18-12-4-5-15-7-10(12)14/h2-7H,1H3,(H,16,17). The lowest BCUT2D eigenvalue weighted by Crippen LogP contribution is -1.97. The van der Waals surface area contributed by atoms with Crippen LogP contribution in [-0.2, 0) is 0 Å². The molecule has 2 aromatic rings. The lowest BCUT2D eigenvalue weighted by Gasteiger charge is -2.10. The summed E-state index contributed by atoms with van der Waals surface area (Å²) in [4.78, 5) is 14.8. The number of hydrogen-bond acceptors (Lipinski definition) is 3. The molecule has 0 spiro atoms. The first-order valence-corrected chi connectivity index (χ1v) is 5.98. The zero-order valence-corrected chi connectivity index (χ0v) is 11.1. The Balaban J connectivity index is 2.30. The molecule has 0 atom stereocenters. The predicted molar refractivity (Wildman–Crippen MR) is 70.1 cm³/mol. The van der Waals surface area contributed by atoms with Gasteiger partial charge in [-0.05, 0) is 46.6 Å². The second kappa shape index (κ2) is 5.18. The minimum atomic E-state index is -0.949. The van der Waals surface area contributed by atoms with Gasteiger partial charge in [-0.2, -0.15) is 0 Å².